The second-order valence-corrected chi connectivity index (χ2v) is 6.86. The number of unbranched alkanes of at least 4 members (excludes halogenated alkanes) is 1. The van der Waals surface area contributed by atoms with E-state index in [0.717, 1.165) is 4.90 Å². The molecule has 3 N–H and O–H groups in total. The molecule has 1 aromatic rings. The molecule has 3 rings (SSSR count). The molecule has 0 radical (unpaired) electrons. The van der Waals surface area contributed by atoms with Gasteiger partial charge in [0.15, 0.2) is 0 Å². The maximum atomic E-state index is 12.7. The lowest BCUT2D eigenvalue weighted by molar-refractivity contribution is -0.138. The number of carboxylic acid groups (broad SMARTS) is 1. The number of benzene rings is 1. The van der Waals surface area contributed by atoms with Crippen molar-refractivity contribution in [3.05, 3.63) is 29.3 Å². The fourth-order valence-electron chi connectivity index (χ4n) is 3.33. The third kappa shape index (κ3) is 4.31. The largest absolute Gasteiger partial charge is 0.481 e. The highest BCUT2D eigenvalue weighted by Gasteiger charge is 2.44. The molecular weight excluding hydrogens is 382 g/mol. The van der Waals surface area contributed by atoms with Crippen molar-refractivity contribution in [3.8, 4) is 0 Å². The second-order valence-electron chi connectivity index (χ2n) is 6.86. The van der Waals surface area contributed by atoms with Gasteiger partial charge in [-0.15, -0.1) is 0 Å². The van der Waals surface area contributed by atoms with Crippen LogP contribution in [-0.4, -0.2) is 51.6 Å². The van der Waals surface area contributed by atoms with Crippen molar-refractivity contribution in [2.24, 2.45) is 0 Å². The van der Waals surface area contributed by atoms with E-state index in [1.807, 2.05) is 0 Å². The fraction of sp³-hybridized carbons (Fsp3) is 0.368. The summed E-state index contributed by atoms with van der Waals surface area (Å²) in [6, 6.07) is 3.21. The number of rotatable bonds is 7. The van der Waals surface area contributed by atoms with Gasteiger partial charge in [0.2, 0.25) is 17.7 Å². The number of carbonyl (C=O) groups excluding carboxylic acids is 5. The summed E-state index contributed by atoms with van der Waals surface area (Å²) in [5.74, 6) is -3.67. The maximum absolute atomic E-state index is 12.7. The van der Waals surface area contributed by atoms with Crippen LogP contribution in [0.15, 0.2) is 18.2 Å². The minimum atomic E-state index is -1.05. The average Bonchev–Trinajstić information content (AvgIpc) is 2.89. The monoisotopic (exact) mass is 401 g/mol. The highest BCUT2D eigenvalue weighted by Crippen LogP contribution is 2.29. The van der Waals surface area contributed by atoms with Gasteiger partial charge in [0, 0.05) is 24.9 Å². The number of hydrogen-bond acceptors (Lipinski definition) is 6. The molecule has 1 unspecified atom stereocenters. The Hall–Kier alpha value is -3.56. The topological polar surface area (TPSA) is 150 Å². The van der Waals surface area contributed by atoms with E-state index in [9.17, 15) is 28.8 Å². The minimum absolute atomic E-state index is 0.0150. The molecule has 29 heavy (non-hydrogen) atoms. The lowest BCUT2D eigenvalue weighted by Gasteiger charge is -2.27. The molecule has 10 nitrogen and oxygen atoms in total. The van der Waals surface area contributed by atoms with Crippen LogP contribution in [0.25, 0.3) is 0 Å². The first-order valence-corrected chi connectivity index (χ1v) is 9.15. The van der Waals surface area contributed by atoms with Crippen LogP contribution in [0.3, 0.4) is 0 Å². The lowest BCUT2D eigenvalue weighted by Crippen LogP contribution is -2.54. The maximum Gasteiger partial charge on any atom is 0.303 e. The predicted octanol–water partition coefficient (Wildman–Crippen LogP) is 0.671. The molecule has 2 aliphatic heterocycles. The zero-order valence-corrected chi connectivity index (χ0v) is 15.4. The molecule has 0 bridgehead atoms. The van der Waals surface area contributed by atoms with E-state index < -0.39 is 35.6 Å². The van der Waals surface area contributed by atoms with Crippen molar-refractivity contribution in [1.29, 1.82) is 0 Å². The Labute approximate surface area is 165 Å². The van der Waals surface area contributed by atoms with Crippen LogP contribution in [-0.2, 0) is 19.2 Å². The molecule has 1 saturated heterocycles. The summed E-state index contributed by atoms with van der Waals surface area (Å²) >= 11 is 0. The number of hydrogen-bond donors (Lipinski definition) is 3. The molecule has 1 fully saturated rings. The SMILES string of the molecule is O=C(O)CCCCC(=O)Nc1ccc2c(c1)C(=O)N(C1CCC(=O)NC1=O)C2=O. The van der Waals surface area contributed by atoms with Crippen molar-refractivity contribution >= 4 is 41.2 Å². The zero-order valence-electron chi connectivity index (χ0n) is 15.4. The first kappa shape index (κ1) is 20.2. The van der Waals surface area contributed by atoms with Gasteiger partial charge in [0.1, 0.15) is 6.04 Å². The van der Waals surface area contributed by atoms with Crippen molar-refractivity contribution in [2.45, 2.75) is 44.6 Å². The Balaban J connectivity index is 1.67. The van der Waals surface area contributed by atoms with Gasteiger partial charge in [-0.1, -0.05) is 0 Å². The van der Waals surface area contributed by atoms with E-state index >= 15 is 0 Å². The van der Waals surface area contributed by atoms with Crippen molar-refractivity contribution in [3.63, 3.8) is 0 Å². The van der Waals surface area contributed by atoms with Crippen molar-refractivity contribution < 1.29 is 33.9 Å². The van der Waals surface area contributed by atoms with Gasteiger partial charge in [0.25, 0.3) is 11.8 Å². The van der Waals surface area contributed by atoms with E-state index in [2.05, 4.69) is 10.6 Å². The van der Waals surface area contributed by atoms with E-state index in [4.69, 9.17) is 5.11 Å². The third-order valence-electron chi connectivity index (χ3n) is 4.77. The Morgan fingerprint density at radius 3 is 2.45 bits per heavy atom. The van der Waals surface area contributed by atoms with E-state index in [0.29, 0.717) is 18.5 Å². The van der Waals surface area contributed by atoms with Crippen LogP contribution in [0, 0.1) is 0 Å². The molecule has 2 aliphatic rings. The standard InChI is InChI=1S/C19H19N3O7/c23-14(3-1-2-4-16(25)26)20-10-5-6-11-12(9-10)19(29)22(18(11)28)13-7-8-15(24)21-17(13)27/h5-6,9,13H,1-4,7-8H2,(H,20,23)(H,25,26)(H,21,24,27). The Kier molecular flexibility index (Phi) is 5.71. The van der Waals surface area contributed by atoms with Gasteiger partial charge in [-0.05, 0) is 37.5 Å². The van der Waals surface area contributed by atoms with Gasteiger partial charge in [0.05, 0.1) is 11.1 Å². The smallest absolute Gasteiger partial charge is 0.303 e. The molecule has 0 aromatic heterocycles. The number of carboxylic acids is 1. The predicted molar refractivity (Wildman–Crippen MR) is 97.8 cm³/mol. The summed E-state index contributed by atoms with van der Waals surface area (Å²) in [5.41, 5.74) is 0.515. The second kappa shape index (κ2) is 8.21. The van der Waals surface area contributed by atoms with Crippen LogP contribution in [0.4, 0.5) is 5.69 Å². The molecule has 152 valence electrons. The van der Waals surface area contributed by atoms with Crippen LogP contribution < -0.4 is 10.6 Å². The van der Waals surface area contributed by atoms with Gasteiger partial charge < -0.3 is 10.4 Å². The number of imide groups is 2. The highest BCUT2D eigenvalue weighted by atomic mass is 16.4. The number of nitrogens with one attached hydrogen (secondary N) is 2. The van der Waals surface area contributed by atoms with Crippen molar-refractivity contribution in [1.82, 2.24) is 10.2 Å². The van der Waals surface area contributed by atoms with Crippen LogP contribution >= 0.6 is 0 Å². The molecule has 1 atom stereocenters. The first-order chi connectivity index (χ1) is 13.8. The van der Waals surface area contributed by atoms with Gasteiger partial charge in [-0.25, -0.2) is 0 Å². The molecule has 1 aromatic carbocycles. The van der Waals surface area contributed by atoms with Crippen molar-refractivity contribution in [2.75, 3.05) is 5.32 Å². The number of piperidine rings is 1. The van der Waals surface area contributed by atoms with Gasteiger partial charge >= 0.3 is 5.97 Å². The minimum Gasteiger partial charge on any atom is -0.481 e. The summed E-state index contributed by atoms with van der Waals surface area (Å²) in [6.07, 6.45) is 0.992. The quantitative estimate of drug-likeness (QED) is 0.449. The Bertz CT molecular complexity index is 924. The van der Waals surface area contributed by atoms with E-state index in [-0.39, 0.29) is 42.7 Å². The summed E-state index contributed by atoms with van der Waals surface area (Å²) in [4.78, 5) is 72.0. The number of carbonyl (C=O) groups is 6. The first-order valence-electron chi connectivity index (χ1n) is 9.15. The summed E-state index contributed by atoms with van der Waals surface area (Å²) < 4.78 is 0. The highest BCUT2D eigenvalue weighted by molar-refractivity contribution is 6.23. The normalized spacial score (nSPS) is 18.5. The Morgan fingerprint density at radius 1 is 1.07 bits per heavy atom. The number of fused-ring (bicyclic) bond motifs is 1. The molecule has 10 heteroatoms. The van der Waals surface area contributed by atoms with Gasteiger partial charge in [-0.3, -0.25) is 39.0 Å². The van der Waals surface area contributed by atoms with E-state index in [1.165, 1.54) is 18.2 Å². The summed E-state index contributed by atoms with van der Waals surface area (Å²) in [5, 5.41) is 13.3. The molecule has 0 saturated carbocycles. The fourth-order valence-corrected chi connectivity index (χ4v) is 3.33. The molecule has 2 heterocycles. The molecular formula is C19H19N3O7. The molecule has 5 amide bonds. The van der Waals surface area contributed by atoms with Crippen LogP contribution in [0.5, 0.6) is 0 Å². The number of aliphatic carboxylic acids is 1. The Morgan fingerprint density at radius 2 is 1.76 bits per heavy atom. The molecule has 0 spiro atoms. The molecule has 0 aliphatic carbocycles. The number of amides is 5. The summed E-state index contributed by atoms with van der Waals surface area (Å²) in [6.45, 7) is 0. The van der Waals surface area contributed by atoms with Crippen LogP contribution in [0.1, 0.15) is 59.2 Å². The number of anilines is 1. The summed E-state index contributed by atoms with van der Waals surface area (Å²) in [7, 11) is 0. The average molecular weight is 401 g/mol. The zero-order chi connectivity index (χ0) is 21.1. The van der Waals surface area contributed by atoms with Crippen LogP contribution in [0.2, 0.25) is 0 Å². The third-order valence-corrected chi connectivity index (χ3v) is 4.77. The van der Waals surface area contributed by atoms with E-state index in [1.54, 1.807) is 0 Å². The lowest BCUT2D eigenvalue weighted by atomic mass is 10.0. The number of nitrogens with zero attached hydrogens (tertiary/aromatic N) is 1. The van der Waals surface area contributed by atoms with Gasteiger partial charge in [-0.2, -0.15) is 0 Å².